The number of nitrogens with zero attached hydrogens (tertiary/aromatic N) is 4. The first-order chi connectivity index (χ1) is 27.1. The third-order valence-electron chi connectivity index (χ3n) is 12.6. The number of hydrogen-bond donors (Lipinski definition) is 0. The number of rotatable bonds is 2. The van der Waals surface area contributed by atoms with Gasteiger partial charge in [0, 0.05) is 43.3 Å². The van der Waals surface area contributed by atoms with Crippen LogP contribution in [0.2, 0.25) is 0 Å². The van der Waals surface area contributed by atoms with Gasteiger partial charge in [0.05, 0.1) is 38.8 Å². The monoisotopic (exact) mass is 700 g/mol. The minimum atomic E-state index is -0.0794. The van der Waals surface area contributed by atoms with Crippen LogP contribution in [-0.4, -0.2) is 18.9 Å². The fraction of sp³-hybridized carbons (Fsp3) is 0.0588. The second kappa shape index (κ2) is 10.1. The average Bonchev–Trinajstić information content (AvgIpc) is 3.79. The highest BCUT2D eigenvalue weighted by Crippen LogP contribution is 2.52. The SMILES string of the molecule is CC1(C)c2ccccc2-c2cc3c(cc21)c1cccc2c4cccc5c4c4c(cccc4n3c21)n5-c1nc(-c2ccccc2)c2c(ccc3ccccc32)n1. The van der Waals surface area contributed by atoms with Crippen LogP contribution in [0.4, 0.5) is 0 Å². The van der Waals surface area contributed by atoms with Crippen LogP contribution in [0.5, 0.6) is 0 Å². The van der Waals surface area contributed by atoms with Gasteiger partial charge in [0.25, 0.3) is 0 Å². The van der Waals surface area contributed by atoms with Crippen molar-refractivity contribution in [3.63, 3.8) is 0 Å². The molecule has 4 heteroatoms. The van der Waals surface area contributed by atoms with E-state index in [1.54, 1.807) is 0 Å². The van der Waals surface area contributed by atoms with Crippen LogP contribution in [0.3, 0.4) is 0 Å². The van der Waals surface area contributed by atoms with Crippen LogP contribution in [0.1, 0.15) is 25.0 Å². The number of fused-ring (bicyclic) bond motifs is 11. The molecule has 4 nitrogen and oxygen atoms in total. The van der Waals surface area contributed by atoms with Crippen LogP contribution in [0, 0.1) is 0 Å². The van der Waals surface area contributed by atoms with Crippen molar-refractivity contribution in [1.29, 1.82) is 0 Å². The first-order valence-corrected chi connectivity index (χ1v) is 19.1. The summed E-state index contributed by atoms with van der Waals surface area (Å²) in [6, 6.07) is 57.7. The summed E-state index contributed by atoms with van der Waals surface area (Å²) in [5, 5.41) is 10.9. The molecule has 13 rings (SSSR count). The van der Waals surface area contributed by atoms with Crippen molar-refractivity contribution in [2.75, 3.05) is 0 Å². The van der Waals surface area contributed by atoms with Crippen molar-refractivity contribution >= 4 is 81.6 Å². The standard InChI is InChI=1S/C51H32N4/c1-51(2)38-21-9-8-17-32(38)36-28-44-37(27-39(36)51)35-20-10-19-34-33-18-11-22-41-46(33)47-42(54(44)49(34)35)23-12-24-43(47)55(41)50-52-40-26-25-29-13-6-7-16-31(29)45(40)48(53-50)30-14-4-3-5-15-30/h3-28H,1-2H3. The van der Waals surface area contributed by atoms with Gasteiger partial charge in [-0.2, -0.15) is 0 Å². The van der Waals surface area contributed by atoms with Gasteiger partial charge < -0.3 is 4.40 Å². The van der Waals surface area contributed by atoms with Crippen molar-refractivity contribution in [2.24, 2.45) is 0 Å². The van der Waals surface area contributed by atoms with E-state index < -0.39 is 0 Å². The van der Waals surface area contributed by atoms with E-state index >= 15 is 0 Å². The number of benzene rings is 8. The first-order valence-electron chi connectivity index (χ1n) is 19.1. The minimum Gasteiger partial charge on any atom is -0.308 e. The van der Waals surface area contributed by atoms with Gasteiger partial charge in [0.2, 0.25) is 5.95 Å². The van der Waals surface area contributed by atoms with Gasteiger partial charge in [-0.15, -0.1) is 0 Å². The van der Waals surface area contributed by atoms with E-state index in [4.69, 9.17) is 9.97 Å². The Morgan fingerprint density at radius 2 is 1.15 bits per heavy atom. The molecule has 0 N–H and O–H groups in total. The zero-order valence-corrected chi connectivity index (χ0v) is 30.3. The maximum absolute atomic E-state index is 5.51. The van der Waals surface area contributed by atoms with Gasteiger partial charge in [0.15, 0.2) is 0 Å². The predicted octanol–water partition coefficient (Wildman–Crippen LogP) is 13.0. The smallest absolute Gasteiger partial charge is 0.235 e. The quantitative estimate of drug-likeness (QED) is 0.168. The minimum absolute atomic E-state index is 0.0794. The first kappa shape index (κ1) is 29.4. The summed E-state index contributed by atoms with van der Waals surface area (Å²) < 4.78 is 4.84. The molecule has 8 aromatic carbocycles. The highest BCUT2D eigenvalue weighted by molar-refractivity contribution is 6.31. The summed E-state index contributed by atoms with van der Waals surface area (Å²) in [5.41, 5.74) is 14.2. The van der Waals surface area contributed by atoms with Gasteiger partial charge in [-0.05, 0) is 74.8 Å². The fourth-order valence-corrected chi connectivity index (χ4v) is 10.2. The predicted molar refractivity (Wildman–Crippen MR) is 229 cm³/mol. The number of hydrogen-bond acceptors (Lipinski definition) is 2. The molecule has 0 unspecified atom stereocenters. The zero-order chi connectivity index (χ0) is 36.2. The Kier molecular flexibility index (Phi) is 5.42. The highest BCUT2D eigenvalue weighted by atomic mass is 15.2. The van der Waals surface area contributed by atoms with E-state index in [0.29, 0.717) is 5.95 Å². The molecule has 0 bridgehead atoms. The van der Waals surface area contributed by atoms with Crippen molar-refractivity contribution in [3.8, 4) is 28.3 Å². The summed E-state index contributed by atoms with van der Waals surface area (Å²) in [6.07, 6.45) is 0. The van der Waals surface area contributed by atoms with Crippen LogP contribution in [-0.2, 0) is 5.41 Å². The molecule has 256 valence electrons. The highest BCUT2D eigenvalue weighted by Gasteiger charge is 2.36. The molecule has 4 aromatic heterocycles. The molecule has 4 heterocycles. The number of para-hydroxylation sites is 1. The Labute approximate surface area is 315 Å². The largest absolute Gasteiger partial charge is 0.308 e. The molecule has 0 atom stereocenters. The summed E-state index contributed by atoms with van der Waals surface area (Å²) in [6.45, 7) is 4.74. The van der Waals surface area contributed by atoms with Crippen LogP contribution in [0.25, 0.3) is 110 Å². The molecule has 1 aliphatic rings. The van der Waals surface area contributed by atoms with Crippen molar-refractivity contribution < 1.29 is 0 Å². The molecule has 1 aliphatic carbocycles. The number of aromatic nitrogens is 4. The lowest BCUT2D eigenvalue weighted by atomic mass is 9.82. The maximum Gasteiger partial charge on any atom is 0.235 e. The van der Waals surface area contributed by atoms with E-state index in [2.05, 4.69) is 181 Å². The molecule has 0 amide bonds. The van der Waals surface area contributed by atoms with Gasteiger partial charge in [-0.3, -0.25) is 4.57 Å². The van der Waals surface area contributed by atoms with Gasteiger partial charge in [-0.1, -0.05) is 135 Å². The van der Waals surface area contributed by atoms with Crippen LogP contribution >= 0.6 is 0 Å². The second-order valence-electron chi connectivity index (χ2n) is 15.7. The topological polar surface area (TPSA) is 35.1 Å². The summed E-state index contributed by atoms with van der Waals surface area (Å²) in [7, 11) is 0. The summed E-state index contributed by atoms with van der Waals surface area (Å²) >= 11 is 0. The Hall–Kier alpha value is -7.04. The molecule has 0 fully saturated rings. The van der Waals surface area contributed by atoms with Gasteiger partial charge in [-0.25, -0.2) is 9.97 Å². The lowest BCUT2D eigenvalue weighted by Gasteiger charge is -2.21. The molecular formula is C51H32N4. The van der Waals surface area contributed by atoms with Gasteiger partial charge in [0.1, 0.15) is 0 Å². The molecule has 0 saturated carbocycles. The molecule has 55 heavy (non-hydrogen) atoms. The summed E-state index contributed by atoms with van der Waals surface area (Å²) in [5.74, 6) is 0.670. The zero-order valence-electron chi connectivity index (χ0n) is 30.3. The van der Waals surface area contributed by atoms with Crippen molar-refractivity contribution in [3.05, 3.63) is 169 Å². The van der Waals surface area contributed by atoms with Crippen molar-refractivity contribution in [2.45, 2.75) is 19.3 Å². The Morgan fingerprint density at radius 3 is 2.04 bits per heavy atom. The molecular weight excluding hydrogens is 669 g/mol. The molecule has 0 radical (unpaired) electrons. The third kappa shape index (κ3) is 3.62. The third-order valence-corrected chi connectivity index (χ3v) is 12.6. The molecule has 0 aliphatic heterocycles. The van der Waals surface area contributed by atoms with E-state index in [0.717, 1.165) is 38.6 Å². The summed E-state index contributed by atoms with van der Waals surface area (Å²) in [4.78, 5) is 10.9. The molecule has 12 aromatic rings. The Morgan fingerprint density at radius 1 is 0.455 bits per heavy atom. The Balaban J connectivity index is 1.20. The van der Waals surface area contributed by atoms with Crippen LogP contribution < -0.4 is 0 Å². The lowest BCUT2D eigenvalue weighted by molar-refractivity contribution is 0.661. The van der Waals surface area contributed by atoms with Crippen LogP contribution in [0.15, 0.2) is 158 Å². The van der Waals surface area contributed by atoms with E-state index in [9.17, 15) is 0 Å². The fourth-order valence-electron chi connectivity index (χ4n) is 10.2. The Bertz CT molecular complexity index is 3620. The maximum atomic E-state index is 5.51. The normalized spacial score (nSPS) is 13.8. The van der Waals surface area contributed by atoms with E-state index in [-0.39, 0.29) is 5.41 Å². The van der Waals surface area contributed by atoms with E-state index in [1.807, 2.05) is 0 Å². The molecule has 0 spiro atoms. The average molecular weight is 701 g/mol. The second-order valence-corrected chi connectivity index (χ2v) is 15.7. The lowest BCUT2D eigenvalue weighted by Crippen LogP contribution is -2.14. The van der Waals surface area contributed by atoms with E-state index in [1.165, 1.54) is 76.5 Å². The van der Waals surface area contributed by atoms with Crippen molar-refractivity contribution in [1.82, 2.24) is 18.9 Å². The molecule has 0 saturated heterocycles. The van der Waals surface area contributed by atoms with Gasteiger partial charge >= 0.3 is 0 Å².